The van der Waals surface area contributed by atoms with Gasteiger partial charge in [-0.2, -0.15) is 0 Å². The van der Waals surface area contributed by atoms with Crippen LogP contribution in [0.2, 0.25) is 0 Å². The van der Waals surface area contributed by atoms with Crippen molar-refractivity contribution >= 4 is 19.2 Å². The fraction of sp³-hybridized carbons (Fsp3) is 0.200. The second-order valence-electron chi connectivity index (χ2n) is 4.66. The Morgan fingerprint density at radius 2 is 1.38 bits per heavy atom. The number of hydrogen-bond acceptors (Lipinski definition) is 4. The van der Waals surface area contributed by atoms with Gasteiger partial charge in [-0.3, -0.25) is 0 Å². The minimum atomic E-state index is -3.94. The third-order valence-electron chi connectivity index (χ3n) is 2.78. The third kappa shape index (κ3) is 3.79. The van der Waals surface area contributed by atoms with Gasteiger partial charge in [0.05, 0.1) is 5.88 Å². The molecule has 0 bridgehead atoms. The van der Waals surface area contributed by atoms with E-state index in [1.165, 1.54) is 6.92 Å². The van der Waals surface area contributed by atoms with E-state index in [1.807, 2.05) is 0 Å². The number of hydrogen-bond donors (Lipinski definition) is 1. The van der Waals surface area contributed by atoms with Crippen molar-refractivity contribution in [3.63, 3.8) is 0 Å². The molecular formula is C15H16ClO4P. The van der Waals surface area contributed by atoms with Crippen LogP contribution in [0.3, 0.4) is 0 Å². The molecule has 0 saturated carbocycles. The maximum Gasteiger partial charge on any atom is 0.463 e. The highest BCUT2D eigenvalue weighted by Crippen LogP contribution is 2.58. The van der Waals surface area contributed by atoms with Crippen LogP contribution in [0.1, 0.15) is 6.92 Å². The van der Waals surface area contributed by atoms with Gasteiger partial charge in [0, 0.05) is 0 Å². The minimum absolute atomic E-state index is 0.288. The lowest BCUT2D eigenvalue weighted by molar-refractivity contribution is 0.135. The van der Waals surface area contributed by atoms with E-state index in [1.54, 1.807) is 60.7 Å². The molecule has 2 aromatic carbocycles. The lowest BCUT2D eigenvalue weighted by atomic mass is 10.3. The zero-order chi connectivity index (χ0) is 15.3. The second-order valence-corrected chi connectivity index (χ2v) is 7.25. The zero-order valence-corrected chi connectivity index (χ0v) is 13.1. The first-order valence-corrected chi connectivity index (χ1v) is 8.42. The first-order valence-electron chi connectivity index (χ1n) is 6.35. The molecule has 21 heavy (non-hydrogen) atoms. The summed E-state index contributed by atoms with van der Waals surface area (Å²) in [7, 11) is -3.94. The van der Waals surface area contributed by atoms with Crippen molar-refractivity contribution in [2.24, 2.45) is 0 Å². The van der Waals surface area contributed by atoms with E-state index < -0.39 is 12.9 Å². The zero-order valence-electron chi connectivity index (χ0n) is 11.5. The molecule has 0 aliphatic rings. The highest BCUT2D eigenvalue weighted by Gasteiger charge is 2.48. The van der Waals surface area contributed by atoms with Gasteiger partial charge in [-0.15, -0.1) is 11.6 Å². The normalized spacial score (nSPS) is 14.2. The van der Waals surface area contributed by atoms with E-state index in [4.69, 9.17) is 20.6 Å². The summed E-state index contributed by atoms with van der Waals surface area (Å²) in [5, 5.41) is 8.50. The molecule has 0 aliphatic heterocycles. The molecule has 0 radical (unpaired) electrons. The Bertz CT molecular complexity index is 571. The molecule has 1 atom stereocenters. The highest BCUT2D eigenvalue weighted by molar-refractivity contribution is 7.56. The number of alkyl halides is 1. The van der Waals surface area contributed by atoms with Crippen molar-refractivity contribution in [1.82, 2.24) is 0 Å². The van der Waals surface area contributed by atoms with Gasteiger partial charge in [0.1, 0.15) is 11.5 Å². The van der Waals surface area contributed by atoms with E-state index >= 15 is 0 Å². The number of halogens is 1. The SMILES string of the molecule is C[C@](O)(CCl)P(=O)(Oc1ccccc1)Oc1ccccc1. The average molecular weight is 327 g/mol. The summed E-state index contributed by atoms with van der Waals surface area (Å²) in [6, 6.07) is 17.1. The van der Waals surface area contributed by atoms with E-state index in [0.29, 0.717) is 11.5 Å². The Morgan fingerprint density at radius 3 is 1.71 bits per heavy atom. The summed E-state index contributed by atoms with van der Waals surface area (Å²) in [5.41, 5.74) is 0. The smallest absolute Gasteiger partial charge is 0.414 e. The first kappa shape index (κ1) is 15.9. The summed E-state index contributed by atoms with van der Waals surface area (Å²) in [6.45, 7) is 1.33. The number of benzene rings is 2. The summed E-state index contributed by atoms with van der Waals surface area (Å²) in [4.78, 5) is 0. The monoisotopic (exact) mass is 326 g/mol. The Morgan fingerprint density at radius 1 is 1.00 bits per heavy atom. The van der Waals surface area contributed by atoms with Crippen LogP contribution in [0.25, 0.3) is 0 Å². The first-order chi connectivity index (χ1) is 9.97. The van der Waals surface area contributed by atoms with Crippen molar-refractivity contribution < 1.29 is 18.7 Å². The number of rotatable bonds is 6. The Labute approximate surface area is 128 Å². The average Bonchev–Trinajstić information content (AvgIpc) is 2.49. The number of para-hydroxylation sites is 2. The molecule has 2 rings (SSSR count). The summed E-state index contributed by atoms with van der Waals surface area (Å²) in [6.07, 6.45) is 0. The van der Waals surface area contributed by atoms with Crippen molar-refractivity contribution in [2.45, 2.75) is 12.3 Å². The van der Waals surface area contributed by atoms with Crippen LogP contribution in [0.4, 0.5) is 0 Å². The van der Waals surface area contributed by atoms with Crippen LogP contribution >= 0.6 is 19.2 Å². The topological polar surface area (TPSA) is 55.8 Å². The predicted octanol–water partition coefficient (Wildman–Crippen LogP) is 4.28. The summed E-state index contributed by atoms with van der Waals surface area (Å²) < 4.78 is 23.9. The van der Waals surface area contributed by atoms with Crippen molar-refractivity contribution in [3.8, 4) is 11.5 Å². The second kappa shape index (κ2) is 6.52. The van der Waals surface area contributed by atoms with Crippen LogP contribution in [0.15, 0.2) is 60.7 Å². The van der Waals surface area contributed by atoms with E-state index in [9.17, 15) is 9.67 Å². The van der Waals surface area contributed by atoms with Gasteiger partial charge in [0.15, 0.2) is 5.34 Å². The van der Waals surface area contributed by atoms with Crippen molar-refractivity contribution in [3.05, 3.63) is 60.7 Å². The predicted molar refractivity (Wildman–Crippen MR) is 83.1 cm³/mol. The van der Waals surface area contributed by atoms with E-state index in [-0.39, 0.29) is 5.88 Å². The number of aliphatic hydroxyl groups is 1. The summed E-state index contributed by atoms with van der Waals surface area (Å²) >= 11 is 5.73. The van der Waals surface area contributed by atoms with Crippen LogP contribution in [0.5, 0.6) is 11.5 Å². The molecule has 0 unspecified atom stereocenters. The Balaban J connectivity index is 2.33. The molecule has 0 fully saturated rings. The molecule has 0 saturated heterocycles. The molecule has 4 nitrogen and oxygen atoms in total. The van der Waals surface area contributed by atoms with Crippen LogP contribution < -0.4 is 9.05 Å². The lowest BCUT2D eigenvalue weighted by Gasteiger charge is -2.30. The minimum Gasteiger partial charge on any atom is -0.414 e. The molecule has 1 N–H and O–H groups in total. The molecule has 0 aliphatic carbocycles. The van der Waals surface area contributed by atoms with Gasteiger partial charge in [0.25, 0.3) is 0 Å². The molecule has 0 spiro atoms. The Kier molecular flexibility index (Phi) is 4.94. The summed E-state index contributed by atoms with van der Waals surface area (Å²) in [5.74, 6) is 0.383. The van der Waals surface area contributed by atoms with Gasteiger partial charge >= 0.3 is 7.60 Å². The van der Waals surface area contributed by atoms with Crippen LogP contribution in [-0.4, -0.2) is 16.3 Å². The Hall–Kier alpha value is -1.48. The molecule has 0 aromatic heterocycles. The van der Waals surface area contributed by atoms with Crippen molar-refractivity contribution in [1.29, 1.82) is 0 Å². The van der Waals surface area contributed by atoms with Crippen LogP contribution in [0, 0.1) is 0 Å². The third-order valence-corrected chi connectivity index (χ3v) is 5.73. The van der Waals surface area contributed by atoms with Gasteiger partial charge in [-0.25, -0.2) is 4.57 Å². The maximum absolute atomic E-state index is 13.0. The molecule has 0 amide bonds. The van der Waals surface area contributed by atoms with E-state index in [2.05, 4.69) is 0 Å². The van der Waals surface area contributed by atoms with Gasteiger partial charge in [0.2, 0.25) is 0 Å². The lowest BCUT2D eigenvalue weighted by Crippen LogP contribution is -2.31. The standard InChI is InChI=1S/C15H16ClO4P/c1-15(17,12-16)21(18,19-13-8-4-2-5-9-13)20-14-10-6-3-7-11-14/h2-11,17H,12H2,1H3/t15-/m1/s1. The van der Waals surface area contributed by atoms with Crippen molar-refractivity contribution in [2.75, 3.05) is 5.88 Å². The van der Waals surface area contributed by atoms with Gasteiger partial charge in [-0.05, 0) is 31.2 Å². The molecule has 112 valence electrons. The van der Waals surface area contributed by atoms with Crippen LogP contribution in [-0.2, 0) is 4.57 Å². The largest absolute Gasteiger partial charge is 0.463 e. The fourth-order valence-electron chi connectivity index (χ4n) is 1.53. The van der Waals surface area contributed by atoms with E-state index in [0.717, 1.165) is 0 Å². The molecule has 2 aromatic rings. The highest BCUT2D eigenvalue weighted by atomic mass is 35.5. The molecule has 0 heterocycles. The molecule has 6 heteroatoms. The quantitative estimate of drug-likeness (QED) is 0.635. The fourth-order valence-corrected chi connectivity index (χ4v) is 3.34. The molecular weight excluding hydrogens is 311 g/mol. The maximum atomic E-state index is 13.0. The van der Waals surface area contributed by atoms with Gasteiger partial charge < -0.3 is 14.2 Å². The van der Waals surface area contributed by atoms with Gasteiger partial charge in [-0.1, -0.05) is 36.4 Å².